The number of carbonyl (C=O) groups excluding carboxylic acids is 1. The van der Waals surface area contributed by atoms with Crippen molar-refractivity contribution in [3.63, 3.8) is 0 Å². The minimum absolute atomic E-state index is 0.252. The molecule has 0 heterocycles. The molecule has 0 aromatic heterocycles. The SMILES string of the molecule is Cc1ccc(Cl)c(OCC(=O)Nc2ccc(C(F)(F)F)cc2)c1. The number of benzene rings is 2. The largest absolute Gasteiger partial charge is 0.482 e. The molecule has 2 aromatic rings. The van der Waals surface area contributed by atoms with Gasteiger partial charge in [-0.2, -0.15) is 13.2 Å². The van der Waals surface area contributed by atoms with Crippen molar-refractivity contribution in [1.29, 1.82) is 0 Å². The molecule has 0 spiro atoms. The van der Waals surface area contributed by atoms with E-state index in [1.165, 1.54) is 12.1 Å². The van der Waals surface area contributed by atoms with Crippen LogP contribution in [0.2, 0.25) is 5.02 Å². The number of ether oxygens (including phenoxy) is 1. The first kappa shape index (κ1) is 17.1. The molecule has 2 rings (SSSR count). The van der Waals surface area contributed by atoms with Crippen molar-refractivity contribution in [3.05, 3.63) is 58.6 Å². The Hall–Kier alpha value is -2.21. The predicted octanol–water partition coefficient (Wildman–Crippen LogP) is 4.68. The minimum Gasteiger partial charge on any atom is -0.482 e. The molecule has 0 aliphatic carbocycles. The van der Waals surface area contributed by atoms with Gasteiger partial charge in [-0.1, -0.05) is 17.7 Å². The highest BCUT2D eigenvalue weighted by Crippen LogP contribution is 2.30. The summed E-state index contributed by atoms with van der Waals surface area (Å²) in [4.78, 5) is 11.8. The van der Waals surface area contributed by atoms with Gasteiger partial charge in [0.15, 0.2) is 6.61 Å². The van der Waals surface area contributed by atoms with Crippen molar-refractivity contribution >= 4 is 23.2 Å². The summed E-state index contributed by atoms with van der Waals surface area (Å²) < 4.78 is 42.6. The molecule has 0 radical (unpaired) electrons. The second kappa shape index (κ2) is 6.91. The van der Waals surface area contributed by atoms with Gasteiger partial charge in [-0.05, 0) is 48.9 Å². The lowest BCUT2D eigenvalue weighted by molar-refractivity contribution is -0.137. The van der Waals surface area contributed by atoms with Gasteiger partial charge in [-0.25, -0.2) is 0 Å². The number of carbonyl (C=O) groups is 1. The Kier molecular flexibility index (Phi) is 5.15. The summed E-state index contributed by atoms with van der Waals surface area (Å²) in [6.45, 7) is 1.55. The normalized spacial score (nSPS) is 11.2. The molecule has 0 fully saturated rings. The Labute approximate surface area is 136 Å². The van der Waals surface area contributed by atoms with Gasteiger partial charge in [0.1, 0.15) is 5.75 Å². The van der Waals surface area contributed by atoms with E-state index < -0.39 is 17.6 Å². The number of anilines is 1. The van der Waals surface area contributed by atoms with Crippen LogP contribution in [0.25, 0.3) is 0 Å². The van der Waals surface area contributed by atoms with E-state index in [1.54, 1.807) is 18.2 Å². The number of nitrogens with one attached hydrogen (secondary N) is 1. The summed E-state index contributed by atoms with van der Waals surface area (Å²) >= 11 is 5.94. The third-order valence-corrected chi connectivity index (χ3v) is 3.25. The van der Waals surface area contributed by atoms with E-state index in [9.17, 15) is 18.0 Å². The number of rotatable bonds is 4. The van der Waals surface area contributed by atoms with E-state index in [1.807, 2.05) is 6.92 Å². The Morgan fingerprint density at radius 3 is 2.43 bits per heavy atom. The summed E-state index contributed by atoms with van der Waals surface area (Å²) in [5.41, 5.74) is 0.396. The zero-order valence-corrected chi connectivity index (χ0v) is 12.8. The van der Waals surface area contributed by atoms with Crippen LogP contribution >= 0.6 is 11.6 Å². The number of hydrogen-bond acceptors (Lipinski definition) is 2. The van der Waals surface area contributed by atoms with E-state index >= 15 is 0 Å². The third kappa shape index (κ3) is 4.89. The molecule has 0 saturated carbocycles. The maximum Gasteiger partial charge on any atom is 0.416 e. The summed E-state index contributed by atoms with van der Waals surface area (Å²) in [6.07, 6.45) is -4.41. The van der Waals surface area contributed by atoms with Crippen LogP contribution in [-0.2, 0) is 11.0 Å². The van der Waals surface area contributed by atoms with Gasteiger partial charge in [-0.15, -0.1) is 0 Å². The molecule has 0 bridgehead atoms. The molecular formula is C16H13ClF3NO2. The van der Waals surface area contributed by atoms with Crippen LogP contribution in [0.3, 0.4) is 0 Å². The molecule has 122 valence electrons. The maximum atomic E-state index is 12.4. The van der Waals surface area contributed by atoms with Gasteiger partial charge in [0.2, 0.25) is 0 Å². The highest BCUT2D eigenvalue weighted by atomic mass is 35.5. The predicted molar refractivity (Wildman–Crippen MR) is 81.8 cm³/mol. The zero-order chi connectivity index (χ0) is 17.0. The van der Waals surface area contributed by atoms with Gasteiger partial charge in [0.05, 0.1) is 10.6 Å². The number of hydrogen-bond donors (Lipinski definition) is 1. The molecule has 2 aromatic carbocycles. The van der Waals surface area contributed by atoms with E-state index in [2.05, 4.69) is 5.32 Å². The lowest BCUT2D eigenvalue weighted by Gasteiger charge is -2.10. The topological polar surface area (TPSA) is 38.3 Å². The molecule has 23 heavy (non-hydrogen) atoms. The fourth-order valence-corrected chi connectivity index (χ4v) is 1.98. The van der Waals surface area contributed by atoms with Crippen LogP contribution in [0, 0.1) is 6.92 Å². The smallest absolute Gasteiger partial charge is 0.416 e. The van der Waals surface area contributed by atoms with E-state index in [-0.39, 0.29) is 12.3 Å². The molecule has 3 nitrogen and oxygen atoms in total. The van der Waals surface area contributed by atoms with Crippen LogP contribution in [0.4, 0.5) is 18.9 Å². The van der Waals surface area contributed by atoms with Crippen molar-refractivity contribution < 1.29 is 22.7 Å². The van der Waals surface area contributed by atoms with Crippen LogP contribution in [0.1, 0.15) is 11.1 Å². The maximum absolute atomic E-state index is 12.4. The molecule has 0 aliphatic heterocycles. The number of halogens is 4. The monoisotopic (exact) mass is 343 g/mol. The molecule has 1 amide bonds. The Morgan fingerprint density at radius 2 is 1.83 bits per heavy atom. The van der Waals surface area contributed by atoms with Gasteiger partial charge in [0, 0.05) is 5.69 Å². The van der Waals surface area contributed by atoms with Crippen molar-refractivity contribution in [2.24, 2.45) is 0 Å². The molecule has 1 N–H and O–H groups in total. The third-order valence-electron chi connectivity index (χ3n) is 2.94. The summed E-state index contributed by atoms with van der Waals surface area (Å²) in [6, 6.07) is 9.30. The molecule has 0 saturated heterocycles. The number of amides is 1. The number of alkyl halides is 3. The summed E-state index contributed by atoms with van der Waals surface area (Å²) in [5.74, 6) is -0.128. The fraction of sp³-hybridized carbons (Fsp3) is 0.188. The second-order valence-electron chi connectivity index (χ2n) is 4.85. The highest BCUT2D eigenvalue weighted by Gasteiger charge is 2.29. The van der Waals surface area contributed by atoms with Crippen LogP contribution in [-0.4, -0.2) is 12.5 Å². The average Bonchev–Trinajstić information content (AvgIpc) is 2.48. The van der Waals surface area contributed by atoms with Crippen molar-refractivity contribution in [3.8, 4) is 5.75 Å². The van der Waals surface area contributed by atoms with Crippen LogP contribution < -0.4 is 10.1 Å². The Morgan fingerprint density at radius 1 is 1.17 bits per heavy atom. The zero-order valence-electron chi connectivity index (χ0n) is 12.1. The van der Waals surface area contributed by atoms with Crippen molar-refractivity contribution in [2.45, 2.75) is 13.1 Å². The standard InChI is InChI=1S/C16H13ClF3NO2/c1-10-2-7-13(17)14(8-10)23-9-15(22)21-12-5-3-11(4-6-12)16(18,19)20/h2-8H,9H2,1H3,(H,21,22). The quantitative estimate of drug-likeness (QED) is 0.875. The molecular weight excluding hydrogens is 331 g/mol. The van der Waals surface area contributed by atoms with Gasteiger partial charge in [-0.3, -0.25) is 4.79 Å². The summed E-state index contributed by atoms with van der Waals surface area (Å²) in [5, 5.41) is 2.82. The Bertz CT molecular complexity index is 699. The van der Waals surface area contributed by atoms with E-state index in [4.69, 9.17) is 16.3 Å². The van der Waals surface area contributed by atoms with Crippen molar-refractivity contribution in [2.75, 3.05) is 11.9 Å². The van der Waals surface area contributed by atoms with Gasteiger partial charge < -0.3 is 10.1 Å². The van der Waals surface area contributed by atoms with Crippen LogP contribution in [0.5, 0.6) is 5.75 Å². The minimum atomic E-state index is -4.41. The lowest BCUT2D eigenvalue weighted by atomic mass is 10.2. The van der Waals surface area contributed by atoms with Gasteiger partial charge in [0.25, 0.3) is 5.91 Å². The first-order valence-corrected chi connectivity index (χ1v) is 6.99. The van der Waals surface area contributed by atoms with Gasteiger partial charge >= 0.3 is 6.18 Å². The van der Waals surface area contributed by atoms with E-state index in [0.717, 1.165) is 17.7 Å². The second-order valence-corrected chi connectivity index (χ2v) is 5.25. The highest BCUT2D eigenvalue weighted by molar-refractivity contribution is 6.32. The first-order valence-electron chi connectivity index (χ1n) is 6.62. The Balaban J connectivity index is 1.93. The van der Waals surface area contributed by atoms with Crippen molar-refractivity contribution in [1.82, 2.24) is 0 Å². The van der Waals surface area contributed by atoms with E-state index in [0.29, 0.717) is 10.8 Å². The van der Waals surface area contributed by atoms with Crippen LogP contribution in [0.15, 0.2) is 42.5 Å². The molecule has 0 atom stereocenters. The lowest BCUT2D eigenvalue weighted by Crippen LogP contribution is -2.20. The fourth-order valence-electron chi connectivity index (χ4n) is 1.80. The summed E-state index contributed by atoms with van der Waals surface area (Å²) in [7, 11) is 0. The number of aryl methyl sites for hydroxylation is 1. The average molecular weight is 344 g/mol. The molecule has 7 heteroatoms. The molecule has 0 aliphatic rings. The molecule has 0 unspecified atom stereocenters. The first-order chi connectivity index (χ1) is 10.8.